The molecule has 7 heteroatoms. The third kappa shape index (κ3) is 4.57. The molecule has 0 unspecified atom stereocenters. The van der Waals surface area contributed by atoms with E-state index in [2.05, 4.69) is 52.9 Å². The maximum atomic E-state index is 12.4. The molecule has 5 nitrogen and oxygen atoms in total. The van der Waals surface area contributed by atoms with Gasteiger partial charge in [0.2, 0.25) is 0 Å². The fourth-order valence-electron chi connectivity index (χ4n) is 3.37. The van der Waals surface area contributed by atoms with Crippen LogP contribution >= 0.6 is 34.4 Å². The second kappa shape index (κ2) is 9.32. The van der Waals surface area contributed by atoms with Crippen LogP contribution in [0.3, 0.4) is 0 Å². The molecule has 0 saturated carbocycles. The highest BCUT2D eigenvalue weighted by Crippen LogP contribution is 2.37. The number of rotatable bonds is 6. The lowest BCUT2D eigenvalue weighted by Crippen LogP contribution is -2.27. The first-order valence-corrected chi connectivity index (χ1v) is 11.6. The molecule has 1 fully saturated rings. The van der Waals surface area contributed by atoms with Gasteiger partial charge < -0.3 is 9.47 Å². The number of fused-ring (bicyclic) bond motifs is 1. The number of benzene rings is 3. The average Bonchev–Trinajstić information content (AvgIpc) is 3.04. The molecule has 4 rings (SSSR count). The summed E-state index contributed by atoms with van der Waals surface area (Å²) < 4.78 is 12.5. The van der Waals surface area contributed by atoms with E-state index in [1.165, 1.54) is 15.7 Å². The van der Waals surface area contributed by atoms with E-state index in [1.54, 1.807) is 20.1 Å². The Kier molecular flexibility index (Phi) is 6.52. The lowest BCUT2D eigenvalue weighted by Gasteiger charge is -2.14. The Morgan fingerprint density at radius 2 is 1.84 bits per heavy atom. The van der Waals surface area contributed by atoms with Crippen LogP contribution in [0.15, 0.2) is 59.5 Å². The number of carbonyl (C=O) groups excluding carboxylic acids is 2. The maximum Gasteiger partial charge on any atom is 0.293 e. The lowest BCUT2D eigenvalue weighted by atomic mass is 10.1. The molecule has 1 aliphatic heterocycles. The molecule has 31 heavy (non-hydrogen) atoms. The highest BCUT2D eigenvalue weighted by Gasteiger charge is 2.33. The first kappa shape index (κ1) is 21.7. The van der Waals surface area contributed by atoms with E-state index >= 15 is 0 Å². The van der Waals surface area contributed by atoms with Gasteiger partial charge in [-0.3, -0.25) is 14.5 Å². The van der Waals surface area contributed by atoms with Crippen molar-refractivity contribution in [1.82, 2.24) is 4.90 Å². The minimum Gasteiger partial charge on any atom is -0.493 e. The predicted molar refractivity (Wildman–Crippen MR) is 132 cm³/mol. The summed E-state index contributed by atoms with van der Waals surface area (Å²) in [5, 5.41) is 2.12. The Morgan fingerprint density at radius 3 is 2.55 bits per heavy atom. The van der Waals surface area contributed by atoms with E-state index in [9.17, 15) is 9.59 Å². The van der Waals surface area contributed by atoms with Gasteiger partial charge in [-0.15, -0.1) is 0 Å². The molecule has 0 aliphatic carbocycles. The van der Waals surface area contributed by atoms with Crippen LogP contribution in [0.2, 0.25) is 0 Å². The quantitative estimate of drug-likeness (QED) is 0.277. The number of carbonyl (C=O) groups is 2. The second-order valence-corrected chi connectivity index (χ2v) is 9.09. The molecule has 158 valence electrons. The van der Waals surface area contributed by atoms with Gasteiger partial charge in [-0.05, 0) is 87.5 Å². The number of ether oxygens (including phenoxy) is 2. The predicted octanol–water partition coefficient (Wildman–Crippen LogP) is 6.09. The zero-order chi connectivity index (χ0) is 22.0. The highest BCUT2D eigenvalue weighted by atomic mass is 127. The molecule has 3 aromatic carbocycles. The summed E-state index contributed by atoms with van der Waals surface area (Å²) in [6.07, 6.45) is 1.72. The van der Waals surface area contributed by atoms with Crippen molar-refractivity contribution in [1.29, 1.82) is 0 Å². The fraction of sp³-hybridized carbons (Fsp3) is 0.167. The Morgan fingerprint density at radius 1 is 1.06 bits per heavy atom. The van der Waals surface area contributed by atoms with Crippen molar-refractivity contribution in [3.8, 4) is 11.5 Å². The number of likely N-dealkylation sites (N-methyl/N-ethyl adjacent to an activating group) is 1. The van der Waals surface area contributed by atoms with Crippen molar-refractivity contribution in [2.75, 3.05) is 13.7 Å². The van der Waals surface area contributed by atoms with Crippen LogP contribution < -0.4 is 9.47 Å². The summed E-state index contributed by atoms with van der Waals surface area (Å²) in [4.78, 5) is 26.0. The fourth-order valence-corrected chi connectivity index (χ4v) is 5.06. The van der Waals surface area contributed by atoms with Gasteiger partial charge in [0.15, 0.2) is 11.5 Å². The minimum absolute atomic E-state index is 0.240. The number of amides is 2. The monoisotopic (exact) mass is 545 g/mol. The van der Waals surface area contributed by atoms with Crippen LogP contribution in [0.1, 0.15) is 18.1 Å². The molecule has 1 heterocycles. The number of hydrogen-bond donors (Lipinski definition) is 0. The van der Waals surface area contributed by atoms with Crippen LogP contribution in [0.25, 0.3) is 16.8 Å². The summed E-state index contributed by atoms with van der Waals surface area (Å²) >= 11 is 3.15. The highest BCUT2D eigenvalue weighted by molar-refractivity contribution is 14.1. The summed E-state index contributed by atoms with van der Waals surface area (Å²) in [6, 6.07) is 18.2. The SMILES string of the molecule is CCN1C(=O)S/C(=C/c2cc(I)c(OCc3ccc4ccccc4c3)c(OC)c2)C1=O. The number of thioether (sulfide) groups is 1. The zero-order valence-electron chi connectivity index (χ0n) is 17.1. The Balaban J connectivity index is 1.57. The summed E-state index contributed by atoms with van der Waals surface area (Å²) in [5.74, 6) is 0.965. The van der Waals surface area contributed by atoms with Gasteiger partial charge in [-0.2, -0.15) is 0 Å². The Bertz CT molecular complexity index is 1210. The van der Waals surface area contributed by atoms with Gasteiger partial charge in [-0.1, -0.05) is 36.4 Å². The van der Waals surface area contributed by atoms with E-state index in [0.717, 1.165) is 26.5 Å². The molecule has 0 aromatic heterocycles. The standard InChI is InChI=1S/C24H20INO4S/c1-3-26-23(27)21(31-24(26)28)13-16-11-19(25)22(20(12-16)29-2)30-14-15-8-9-17-6-4-5-7-18(17)10-15/h4-13H,3,14H2,1-2H3/b21-13+. The number of imide groups is 1. The van der Waals surface area contributed by atoms with Gasteiger partial charge in [-0.25, -0.2) is 0 Å². The van der Waals surface area contributed by atoms with Crippen LogP contribution in [-0.2, 0) is 11.4 Å². The Hall–Kier alpha value is -2.52. The van der Waals surface area contributed by atoms with Crippen molar-refractivity contribution >= 4 is 62.3 Å². The normalized spacial score (nSPS) is 15.2. The van der Waals surface area contributed by atoms with Gasteiger partial charge in [0.1, 0.15) is 6.61 Å². The van der Waals surface area contributed by atoms with Gasteiger partial charge in [0, 0.05) is 6.54 Å². The number of halogens is 1. The maximum absolute atomic E-state index is 12.4. The van der Waals surface area contributed by atoms with Crippen molar-refractivity contribution in [2.24, 2.45) is 0 Å². The summed E-state index contributed by atoms with van der Waals surface area (Å²) in [5.41, 5.74) is 1.84. The first-order chi connectivity index (χ1) is 15.0. The molecule has 0 atom stereocenters. The topological polar surface area (TPSA) is 55.8 Å². The number of methoxy groups -OCH3 is 1. The van der Waals surface area contributed by atoms with Crippen molar-refractivity contribution in [2.45, 2.75) is 13.5 Å². The molecule has 2 amide bonds. The third-order valence-electron chi connectivity index (χ3n) is 4.94. The number of nitrogens with zero attached hydrogens (tertiary/aromatic N) is 1. The molecular weight excluding hydrogens is 525 g/mol. The molecule has 0 N–H and O–H groups in total. The molecule has 0 spiro atoms. The lowest BCUT2D eigenvalue weighted by molar-refractivity contribution is -0.122. The van der Waals surface area contributed by atoms with Crippen LogP contribution in [-0.4, -0.2) is 29.7 Å². The largest absolute Gasteiger partial charge is 0.493 e. The molecule has 1 saturated heterocycles. The molecule has 0 bridgehead atoms. The molecule has 1 aliphatic rings. The Labute approximate surface area is 198 Å². The van der Waals surface area contributed by atoms with Gasteiger partial charge >= 0.3 is 0 Å². The van der Waals surface area contributed by atoms with Crippen LogP contribution in [0.5, 0.6) is 11.5 Å². The first-order valence-electron chi connectivity index (χ1n) is 9.73. The smallest absolute Gasteiger partial charge is 0.293 e. The minimum atomic E-state index is -0.261. The van der Waals surface area contributed by atoms with E-state index in [-0.39, 0.29) is 11.1 Å². The van der Waals surface area contributed by atoms with E-state index < -0.39 is 0 Å². The average molecular weight is 545 g/mol. The molecule has 0 radical (unpaired) electrons. The van der Waals surface area contributed by atoms with Gasteiger partial charge in [0.25, 0.3) is 11.1 Å². The zero-order valence-corrected chi connectivity index (χ0v) is 20.0. The molecule has 3 aromatic rings. The van der Waals surface area contributed by atoms with E-state index in [4.69, 9.17) is 9.47 Å². The van der Waals surface area contributed by atoms with E-state index in [1.807, 2.05) is 24.3 Å². The third-order valence-corrected chi connectivity index (χ3v) is 6.65. The van der Waals surface area contributed by atoms with Crippen LogP contribution in [0, 0.1) is 3.57 Å². The molecular formula is C24H20INO4S. The summed E-state index contributed by atoms with van der Waals surface area (Å²) in [7, 11) is 1.59. The second-order valence-electron chi connectivity index (χ2n) is 6.93. The van der Waals surface area contributed by atoms with Crippen LogP contribution in [0.4, 0.5) is 4.79 Å². The van der Waals surface area contributed by atoms with Gasteiger partial charge in [0.05, 0.1) is 15.6 Å². The van der Waals surface area contributed by atoms with Crippen molar-refractivity contribution in [3.63, 3.8) is 0 Å². The summed E-state index contributed by atoms with van der Waals surface area (Å²) in [6.45, 7) is 2.56. The van der Waals surface area contributed by atoms with Crippen molar-refractivity contribution < 1.29 is 19.1 Å². The van der Waals surface area contributed by atoms with Crippen molar-refractivity contribution in [3.05, 3.63) is 74.2 Å². The van der Waals surface area contributed by atoms with E-state index in [0.29, 0.717) is 29.6 Å². The number of hydrogen-bond acceptors (Lipinski definition) is 5.